The van der Waals surface area contributed by atoms with E-state index in [1.54, 1.807) is 36.5 Å². The fraction of sp³-hybridized carbons (Fsp3) is 0.0952. The Labute approximate surface area is 171 Å². The number of fused-ring (bicyclic) bond motifs is 1. The average Bonchev–Trinajstić information content (AvgIpc) is 3.04. The van der Waals surface area contributed by atoms with Crippen molar-refractivity contribution in [2.75, 3.05) is 0 Å². The summed E-state index contributed by atoms with van der Waals surface area (Å²) in [6, 6.07) is 15.3. The molecule has 8 heteroatoms. The van der Waals surface area contributed by atoms with E-state index in [0.29, 0.717) is 28.2 Å². The van der Waals surface area contributed by atoms with Gasteiger partial charge < -0.3 is 19.1 Å². The molecule has 2 heterocycles. The van der Waals surface area contributed by atoms with Gasteiger partial charge in [-0.15, -0.1) is 0 Å². The maximum absolute atomic E-state index is 11.1. The third-order valence-electron chi connectivity index (χ3n) is 4.33. The minimum Gasteiger partial charge on any atom is -0.486 e. The highest BCUT2D eigenvalue weighted by molar-refractivity contribution is 6.31. The summed E-state index contributed by atoms with van der Waals surface area (Å²) in [5, 5.41) is 9.51. The number of carbonyl (C=O) groups is 1. The molecule has 4 rings (SSSR count). The summed E-state index contributed by atoms with van der Waals surface area (Å²) in [7, 11) is 1.87. The van der Waals surface area contributed by atoms with Crippen LogP contribution in [0.3, 0.4) is 0 Å². The van der Waals surface area contributed by atoms with Crippen LogP contribution in [0.15, 0.2) is 60.8 Å². The smallest absolute Gasteiger partial charge is 0.335 e. The molecule has 0 unspecified atom stereocenters. The van der Waals surface area contributed by atoms with Crippen LogP contribution < -0.4 is 9.47 Å². The third-order valence-corrected chi connectivity index (χ3v) is 4.62. The van der Waals surface area contributed by atoms with E-state index in [4.69, 9.17) is 26.2 Å². The van der Waals surface area contributed by atoms with Gasteiger partial charge in [-0.1, -0.05) is 17.7 Å². The molecule has 7 nitrogen and oxygen atoms in total. The molecule has 0 saturated heterocycles. The van der Waals surface area contributed by atoms with Crippen molar-refractivity contribution in [3.63, 3.8) is 0 Å². The molecule has 0 radical (unpaired) electrons. The predicted molar refractivity (Wildman–Crippen MR) is 108 cm³/mol. The number of carboxylic acid groups (broad SMARTS) is 1. The lowest BCUT2D eigenvalue weighted by Gasteiger charge is -2.08. The zero-order chi connectivity index (χ0) is 20.4. The van der Waals surface area contributed by atoms with Gasteiger partial charge in [-0.05, 0) is 42.5 Å². The number of hydrogen-bond donors (Lipinski definition) is 1. The van der Waals surface area contributed by atoms with Crippen LogP contribution in [0.5, 0.6) is 17.4 Å². The number of rotatable bonds is 6. The first-order valence-electron chi connectivity index (χ1n) is 8.71. The molecule has 0 saturated carbocycles. The molecular formula is C21H16ClN3O4. The molecule has 0 spiro atoms. The molecule has 0 aliphatic heterocycles. The Balaban J connectivity index is 1.55. The first-order valence-corrected chi connectivity index (χ1v) is 9.09. The van der Waals surface area contributed by atoms with Crippen molar-refractivity contribution in [1.82, 2.24) is 14.5 Å². The summed E-state index contributed by atoms with van der Waals surface area (Å²) >= 11 is 6.10. The van der Waals surface area contributed by atoms with E-state index < -0.39 is 5.97 Å². The second kappa shape index (κ2) is 7.81. The van der Waals surface area contributed by atoms with Gasteiger partial charge in [0.1, 0.15) is 29.0 Å². The van der Waals surface area contributed by atoms with Crippen molar-refractivity contribution >= 4 is 28.6 Å². The van der Waals surface area contributed by atoms with E-state index in [1.165, 1.54) is 12.1 Å². The maximum atomic E-state index is 11.1. The van der Waals surface area contributed by atoms with Gasteiger partial charge in [0.05, 0.1) is 16.6 Å². The van der Waals surface area contributed by atoms with Crippen LogP contribution >= 0.6 is 11.6 Å². The van der Waals surface area contributed by atoms with Gasteiger partial charge in [0.15, 0.2) is 0 Å². The number of halogens is 1. The van der Waals surface area contributed by atoms with Gasteiger partial charge in [-0.2, -0.15) is 0 Å². The number of ether oxygens (including phenoxy) is 2. The van der Waals surface area contributed by atoms with Crippen molar-refractivity contribution in [3.05, 3.63) is 77.2 Å². The van der Waals surface area contributed by atoms with Crippen molar-refractivity contribution < 1.29 is 19.4 Å². The Kier molecular flexibility index (Phi) is 5.05. The predicted octanol–water partition coefficient (Wildman–Crippen LogP) is 4.69. The lowest BCUT2D eigenvalue weighted by Crippen LogP contribution is -2.04. The molecule has 146 valence electrons. The quantitative estimate of drug-likeness (QED) is 0.497. The van der Waals surface area contributed by atoms with Crippen LogP contribution in [0.1, 0.15) is 16.2 Å². The number of aryl methyl sites for hydroxylation is 1. The topological polar surface area (TPSA) is 86.5 Å². The molecule has 2 aromatic heterocycles. The molecule has 0 aliphatic rings. The summed E-state index contributed by atoms with van der Waals surface area (Å²) in [5.41, 5.74) is 1.81. The summed E-state index contributed by atoms with van der Waals surface area (Å²) in [6.07, 6.45) is 1.61. The number of aromatic nitrogens is 3. The first-order chi connectivity index (χ1) is 14.0. The van der Waals surface area contributed by atoms with Gasteiger partial charge >= 0.3 is 5.97 Å². The minimum absolute atomic E-state index is 0.169. The summed E-state index contributed by atoms with van der Waals surface area (Å²) in [5.74, 6) is 1.07. The molecule has 1 N–H and O–H groups in total. The monoisotopic (exact) mass is 409 g/mol. The van der Waals surface area contributed by atoms with Crippen LogP contribution in [0.2, 0.25) is 5.02 Å². The van der Waals surface area contributed by atoms with Crippen LogP contribution in [-0.2, 0) is 13.7 Å². The lowest BCUT2D eigenvalue weighted by molar-refractivity contribution is 0.0696. The molecule has 29 heavy (non-hydrogen) atoms. The maximum Gasteiger partial charge on any atom is 0.335 e. The Morgan fingerprint density at radius 2 is 2.00 bits per heavy atom. The van der Waals surface area contributed by atoms with E-state index in [-0.39, 0.29) is 12.2 Å². The van der Waals surface area contributed by atoms with E-state index in [1.807, 2.05) is 23.7 Å². The van der Waals surface area contributed by atoms with E-state index in [9.17, 15) is 4.79 Å². The second-order valence-corrected chi connectivity index (χ2v) is 6.66. The van der Waals surface area contributed by atoms with Gasteiger partial charge in [0, 0.05) is 19.3 Å². The van der Waals surface area contributed by atoms with E-state index >= 15 is 0 Å². The summed E-state index contributed by atoms with van der Waals surface area (Å²) in [4.78, 5) is 19.8. The fourth-order valence-electron chi connectivity index (χ4n) is 2.84. The summed E-state index contributed by atoms with van der Waals surface area (Å²) in [6.45, 7) is 0.191. The standard InChI is InChI=1S/C21H16ClN3O4/c1-25-18-11-15(29-20-16(22)6-3-9-23-20)7-8-17(18)24-19(25)12-28-14-5-2-4-13(10-14)21(26)27/h2-11H,12H2,1H3,(H,26,27). The van der Waals surface area contributed by atoms with E-state index in [0.717, 1.165) is 11.0 Å². The zero-order valence-electron chi connectivity index (χ0n) is 15.4. The van der Waals surface area contributed by atoms with E-state index in [2.05, 4.69) is 9.97 Å². The number of pyridine rings is 1. The molecule has 0 amide bonds. The first kappa shape index (κ1) is 18.8. The highest BCUT2D eigenvalue weighted by Gasteiger charge is 2.12. The Hall–Kier alpha value is -3.58. The third kappa shape index (κ3) is 4.00. The van der Waals surface area contributed by atoms with Crippen LogP contribution in [0.4, 0.5) is 0 Å². The Morgan fingerprint density at radius 1 is 1.14 bits per heavy atom. The number of imidazole rings is 1. The van der Waals surface area contributed by atoms with Gasteiger partial charge in [-0.25, -0.2) is 14.8 Å². The van der Waals surface area contributed by atoms with Gasteiger partial charge in [0.2, 0.25) is 5.88 Å². The average molecular weight is 410 g/mol. The number of nitrogens with zero attached hydrogens (tertiary/aromatic N) is 3. The van der Waals surface area contributed by atoms with Crippen molar-refractivity contribution in [1.29, 1.82) is 0 Å². The Bertz CT molecular complexity index is 1210. The number of hydrogen-bond acceptors (Lipinski definition) is 5. The molecule has 0 bridgehead atoms. The van der Waals surface area contributed by atoms with Gasteiger partial charge in [-0.3, -0.25) is 0 Å². The van der Waals surface area contributed by atoms with Crippen molar-refractivity contribution in [2.45, 2.75) is 6.61 Å². The van der Waals surface area contributed by atoms with Gasteiger partial charge in [0.25, 0.3) is 0 Å². The molecular weight excluding hydrogens is 394 g/mol. The number of aromatic carboxylic acids is 1. The fourth-order valence-corrected chi connectivity index (χ4v) is 3.00. The van der Waals surface area contributed by atoms with Crippen LogP contribution in [0.25, 0.3) is 11.0 Å². The van der Waals surface area contributed by atoms with Crippen molar-refractivity contribution in [3.8, 4) is 17.4 Å². The molecule has 0 fully saturated rings. The minimum atomic E-state index is -1.00. The molecule has 0 aliphatic carbocycles. The number of carboxylic acids is 1. The number of benzene rings is 2. The van der Waals surface area contributed by atoms with Crippen molar-refractivity contribution in [2.24, 2.45) is 7.05 Å². The summed E-state index contributed by atoms with van der Waals surface area (Å²) < 4.78 is 13.4. The second-order valence-electron chi connectivity index (χ2n) is 6.25. The van der Waals surface area contributed by atoms with Crippen LogP contribution in [-0.4, -0.2) is 25.6 Å². The molecule has 0 atom stereocenters. The molecule has 2 aromatic carbocycles. The molecule has 4 aromatic rings. The highest BCUT2D eigenvalue weighted by atomic mass is 35.5. The SMILES string of the molecule is Cn1c(COc2cccc(C(=O)O)c2)nc2ccc(Oc3ncccc3Cl)cc21. The Morgan fingerprint density at radius 3 is 2.79 bits per heavy atom. The largest absolute Gasteiger partial charge is 0.486 e. The van der Waals surface area contributed by atoms with Crippen LogP contribution in [0, 0.1) is 0 Å². The normalized spacial score (nSPS) is 10.8. The lowest BCUT2D eigenvalue weighted by atomic mass is 10.2. The highest BCUT2D eigenvalue weighted by Crippen LogP contribution is 2.29. The zero-order valence-corrected chi connectivity index (χ0v) is 16.1.